The third kappa shape index (κ3) is 5.15. The Balaban J connectivity index is 1.61. The van der Waals surface area contributed by atoms with Crippen LogP contribution in [0.1, 0.15) is 64.1 Å². The van der Waals surface area contributed by atoms with Gasteiger partial charge in [0, 0.05) is 38.2 Å². The largest absolute Gasteiger partial charge is 0.379 e. The van der Waals surface area contributed by atoms with E-state index in [9.17, 15) is 4.79 Å². The highest BCUT2D eigenvalue weighted by molar-refractivity contribution is 5.81. The molecule has 1 saturated heterocycles. The molecule has 1 aromatic carbocycles. The summed E-state index contributed by atoms with van der Waals surface area (Å²) < 4.78 is 7.88. The maximum Gasteiger partial charge on any atom is 0.223 e. The first-order chi connectivity index (χ1) is 14.3. The normalized spacial score (nSPS) is 15.5. The standard InChI is InChI=1S/C24H38N4O2/c1-16(2)28-22-15-19(6)18(5)14-21(22)26-24(28)27-11-8-20(9-12-27)23(29)25-10-7-13-30-17(3)4/h14-17,20H,7-13H2,1-6H3,(H,25,29). The first kappa shape index (κ1) is 22.6. The summed E-state index contributed by atoms with van der Waals surface area (Å²) in [6.45, 7) is 15.9. The minimum absolute atomic E-state index is 0.0913. The summed E-state index contributed by atoms with van der Waals surface area (Å²) in [6.07, 6.45) is 2.84. The number of rotatable bonds is 8. The summed E-state index contributed by atoms with van der Waals surface area (Å²) in [5.41, 5.74) is 4.83. The van der Waals surface area contributed by atoms with Crippen LogP contribution in [-0.4, -0.2) is 47.8 Å². The number of imidazole rings is 1. The number of carbonyl (C=O) groups excluding carboxylic acids is 1. The molecule has 0 aliphatic carbocycles. The minimum atomic E-state index is 0.0913. The number of fused-ring (bicyclic) bond motifs is 1. The van der Waals surface area contributed by atoms with Crippen LogP contribution in [0.2, 0.25) is 0 Å². The molecule has 0 spiro atoms. The van der Waals surface area contributed by atoms with E-state index in [1.54, 1.807) is 0 Å². The highest BCUT2D eigenvalue weighted by atomic mass is 16.5. The highest BCUT2D eigenvalue weighted by Gasteiger charge is 2.28. The van der Waals surface area contributed by atoms with Crippen LogP contribution in [0.3, 0.4) is 0 Å². The highest BCUT2D eigenvalue weighted by Crippen LogP contribution is 2.31. The van der Waals surface area contributed by atoms with Crippen LogP contribution in [-0.2, 0) is 9.53 Å². The van der Waals surface area contributed by atoms with Gasteiger partial charge in [-0.15, -0.1) is 0 Å². The second-order valence-corrected chi connectivity index (χ2v) is 9.13. The van der Waals surface area contributed by atoms with Crippen molar-refractivity contribution in [2.24, 2.45) is 5.92 Å². The number of aromatic nitrogens is 2. The van der Waals surface area contributed by atoms with E-state index in [0.29, 0.717) is 19.2 Å². The predicted octanol–water partition coefficient (Wildman–Crippen LogP) is 4.38. The van der Waals surface area contributed by atoms with Crippen LogP contribution in [0.15, 0.2) is 12.1 Å². The Morgan fingerprint density at radius 2 is 1.83 bits per heavy atom. The van der Waals surface area contributed by atoms with Gasteiger partial charge in [0.15, 0.2) is 0 Å². The summed E-state index contributed by atoms with van der Waals surface area (Å²) in [5, 5.41) is 3.09. The number of benzene rings is 1. The van der Waals surface area contributed by atoms with E-state index >= 15 is 0 Å². The second kappa shape index (κ2) is 9.82. The number of piperidine rings is 1. The zero-order valence-corrected chi connectivity index (χ0v) is 19.5. The number of nitrogens with one attached hydrogen (secondary N) is 1. The van der Waals surface area contributed by atoms with Crippen molar-refractivity contribution < 1.29 is 9.53 Å². The van der Waals surface area contributed by atoms with Crippen molar-refractivity contribution in [1.82, 2.24) is 14.9 Å². The predicted molar refractivity (Wildman–Crippen MR) is 123 cm³/mol. The van der Waals surface area contributed by atoms with E-state index in [-0.39, 0.29) is 17.9 Å². The summed E-state index contributed by atoms with van der Waals surface area (Å²) in [4.78, 5) is 19.9. The number of hydrogen-bond donors (Lipinski definition) is 1. The number of amides is 1. The third-order valence-corrected chi connectivity index (χ3v) is 6.02. The van der Waals surface area contributed by atoms with E-state index in [2.05, 4.69) is 54.6 Å². The van der Waals surface area contributed by atoms with Crippen LogP contribution in [0, 0.1) is 19.8 Å². The van der Waals surface area contributed by atoms with Crippen molar-refractivity contribution in [1.29, 1.82) is 0 Å². The summed E-state index contributed by atoms with van der Waals surface area (Å²) in [5.74, 6) is 1.31. The van der Waals surface area contributed by atoms with Gasteiger partial charge < -0.3 is 19.5 Å². The number of hydrogen-bond acceptors (Lipinski definition) is 4. The van der Waals surface area contributed by atoms with Crippen molar-refractivity contribution in [3.05, 3.63) is 23.3 Å². The number of carbonyl (C=O) groups is 1. The zero-order chi connectivity index (χ0) is 21.8. The Kier molecular flexibility index (Phi) is 7.40. The lowest BCUT2D eigenvalue weighted by molar-refractivity contribution is -0.125. The molecule has 2 aromatic rings. The van der Waals surface area contributed by atoms with Crippen molar-refractivity contribution >= 4 is 22.9 Å². The van der Waals surface area contributed by atoms with Gasteiger partial charge in [0.2, 0.25) is 11.9 Å². The summed E-state index contributed by atoms with van der Waals surface area (Å²) in [6, 6.07) is 4.78. The van der Waals surface area contributed by atoms with Gasteiger partial charge in [0.1, 0.15) is 0 Å². The average molecular weight is 415 g/mol. The molecule has 0 atom stereocenters. The van der Waals surface area contributed by atoms with E-state index in [1.807, 2.05) is 13.8 Å². The topological polar surface area (TPSA) is 59.4 Å². The first-order valence-electron chi connectivity index (χ1n) is 11.4. The molecule has 1 amide bonds. The van der Waals surface area contributed by atoms with E-state index < -0.39 is 0 Å². The molecule has 30 heavy (non-hydrogen) atoms. The molecule has 2 heterocycles. The average Bonchev–Trinajstić information content (AvgIpc) is 3.06. The quantitative estimate of drug-likeness (QED) is 0.651. The molecule has 1 N–H and O–H groups in total. The molecule has 3 rings (SSSR count). The number of aryl methyl sites for hydroxylation is 2. The Morgan fingerprint density at radius 1 is 1.17 bits per heavy atom. The van der Waals surface area contributed by atoms with E-state index in [1.165, 1.54) is 16.6 Å². The van der Waals surface area contributed by atoms with Gasteiger partial charge in [-0.25, -0.2) is 4.98 Å². The second-order valence-electron chi connectivity index (χ2n) is 9.13. The summed E-state index contributed by atoms with van der Waals surface area (Å²) in [7, 11) is 0. The molecule has 1 aliphatic heterocycles. The fourth-order valence-electron chi connectivity index (χ4n) is 4.16. The van der Waals surface area contributed by atoms with Gasteiger partial charge in [-0.05, 0) is 84.1 Å². The van der Waals surface area contributed by atoms with Crippen molar-refractivity contribution in [2.45, 2.75) is 73.0 Å². The lowest BCUT2D eigenvalue weighted by atomic mass is 9.96. The van der Waals surface area contributed by atoms with Gasteiger partial charge in [0.05, 0.1) is 17.1 Å². The van der Waals surface area contributed by atoms with E-state index in [0.717, 1.165) is 43.8 Å². The maximum absolute atomic E-state index is 12.5. The van der Waals surface area contributed by atoms with Crippen LogP contribution < -0.4 is 10.2 Å². The Labute approximate surface area is 181 Å². The number of nitrogens with zero attached hydrogens (tertiary/aromatic N) is 3. The van der Waals surface area contributed by atoms with Gasteiger partial charge in [0.25, 0.3) is 0 Å². The molecular formula is C24H38N4O2. The van der Waals surface area contributed by atoms with Gasteiger partial charge in [-0.3, -0.25) is 4.79 Å². The Bertz CT molecular complexity index is 864. The lowest BCUT2D eigenvalue weighted by Crippen LogP contribution is -2.41. The smallest absolute Gasteiger partial charge is 0.223 e. The van der Waals surface area contributed by atoms with E-state index in [4.69, 9.17) is 9.72 Å². The molecule has 0 saturated carbocycles. The number of anilines is 1. The van der Waals surface area contributed by atoms with Crippen LogP contribution in [0.4, 0.5) is 5.95 Å². The fraction of sp³-hybridized carbons (Fsp3) is 0.667. The fourth-order valence-corrected chi connectivity index (χ4v) is 4.16. The van der Waals surface area contributed by atoms with Gasteiger partial charge >= 0.3 is 0 Å². The van der Waals surface area contributed by atoms with Crippen LogP contribution in [0.25, 0.3) is 11.0 Å². The Morgan fingerprint density at radius 3 is 2.47 bits per heavy atom. The van der Waals surface area contributed by atoms with Crippen molar-refractivity contribution in [2.75, 3.05) is 31.1 Å². The Hall–Kier alpha value is -2.08. The first-order valence-corrected chi connectivity index (χ1v) is 11.4. The molecule has 0 radical (unpaired) electrons. The SMILES string of the molecule is Cc1cc2nc(N3CCC(C(=O)NCCCOC(C)C)CC3)n(C(C)C)c2cc1C. The number of ether oxygens (including phenoxy) is 1. The molecule has 1 fully saturated rings. The molecule has 1 aromatic heterocycles. The van der Waals surface area contributed by atoms with Gasteiger partial charge in [-0.1, -0.05) is 0 Å². The van der Waals surface area contributed by atoms with Crippen LogP contribution in [0.5, 0.6) is 0 Å². The summed E-state index contributed by atoms with van der Waals surface area (Å²) >= 11 is 0. The molecule has 1 aliphatic rings. The van der Waals surface area contributed by atoms with Crippen molar-refractivity contribution in [3.8, 4) is 0 Å². The van der Waals surface area contributed by atoms with Crippen molar-refractivity contribution in [3.63, 3.8) is 0 Å². The third-order valence-electron chi connectivity index (χ3n) is 6.02. The molecule has 0 unspecified atom stereocenters. The minimum Gasteiger partial charge on any atom is -0.379 e. The molecule has 6 nitrogen and oxygen atoms in total. The zero-order valence-electron chi connectivity index (χ0n) is 19.5. The molecule has 6 heteroatoms. The molecular weight excluding hydrogens is 376 g/mol. The van der Waals surface area contributed by atoms with Crippen LogP contribution >= 0.6 is 0 Å². The molecule has 166 valence electrons. The maximum atomic E-state index is 12.5. The lowest BCUT2D eigenvalue weighted by Gasteiger charge is -2.33. The van der Waals surface area contributed by atoms with Gasteiger partial charge in [-0.2, -0.15) is 0 Å². The molecule has 0 bridgehead atoms. The monoisotopic (exact) mass is 414 g/mol.